The van der Waals surface area contributed by atoms with E-state index in [1.54, 1.807) is 18.3 Å². The highest BCUT2D eigenvalue weighted by Crippen LogP contribution is 2.38. The third kappa shape index (κ3) is 4.61. The lowest BCUT2D eigenvalue weighted by molar-refractivity contribution is -0.129. The molecule has 1 aromatic heterocycles. The van der Waals surface area contributed by atoms with Crippen molar-refractivity contribution >= 4 is 11.8 Å². The minimum atomic E-state index is -0.284. The van der Waals surface area contributed by atoms with Crippen molar-refractivity contribution in [3.8, 4) is 0 Å². The van der Waals surface area contributed by atoms with Gasteiger partial charge in [-0.3, -0.25) is 14.3 Å². The molecule has 2 aromatic rings. The Bertz CT molecular complexity index is 921. The van der Waals surface area contributed by atoms with E-state index in [4.69, 9.17) is 0 Å². The Morgan fingerprint density at radius 3 is 2.83 bits per heavy atom. The van der Waals surface area contributed by atoms with Crippen molar-refractivity contribution in [2.75, 3.05) is 6.54 Å². The first-order chi connectivity index (χ1) is 14.6. The molecular formula is C23H27FN4O2. The third-order valence-electron chi connectivity index (χ3n) is 5.91. The zero-order valence-corrected chi connectivity index (χ0v) is 17.0. The Morgan fingerprint density at radius 1 is 1.23 bits per heavy atom. The SMILES string of the molecule is O=C(CC1=C2CCCCC2N(Cc2ccc(F)cc2)C1=O)NCCCn1cccn1. The number of fused-ring (bicyclic) bond motifs is 1. The van der Waals surface area contributed by atoms with Crippen LogP contribution >= 0.6 is 0 Å². The van der Waals surface area contributed by atoms with E-state index in [0.717, 1.165) is 49.8 Å². The second-order valence-electron chi connectivity index (χ2n) is 7.97. The number of hydrogen-bond donors (Lipinski definition) is 1. The van der Waals surface area contributed by atoms with Crippen LogP contribution in [0.1, 0.15) is 44.1 Å². The molecule has 0 spiro atoms. The van der Waals surface area contributed by atoms with Gasteiger partial charge in [-0.15, -0.1) is 0 Å². The fraction of sp³-hybridized carbons (Fsp3) is 0.435. The molecule has 1 aliphatic carbocycles. The summed E-state index contributed by atoms with van der Waals surface area (Å²) in [7, 11) is 0. The van der Waals surface area contributed by atoms with Crippen LogP contribution in [0.5, 0.6) is 0 Å². The average molecular weight is 410 g/mol. The van der Waals surface area contributed by atoms with Gasteiger partial charge in [0.1, 0.15) is 5.82 Å². The number of hydrogen-bond acceptors (Lipinski definition) is 3. The molecule has 0 radical (unpaired) electrons. The summed E-state index contributed by atoms with van der Waals surface area (Å²) in [5, 5.41) is 7.08. The molecule has 1 unspecified atom stereocenters. The summed E-state index contributed by atoms with van der Waals surface area (Å²) < 4.78 is 15.1. The molecule has 2 aliphatic rings. The molecule has 0 saturated heterocycles. The summed E-state index contributed by atoms with van der Waals surface area (Å²) in [6, 6.07) is 8.21. The molecule has 7 heteroatoms. The van der Waals surface area contributed by atoms with Crippen LogP contribution in [-0.2, 0) is 22.7 Å². The molecule has 2 heterocycles. The number of halogens is 1. The smallest absolute Gasteiger partial charge is 0.251 e. The van der Waals surface area contributed by atoms with Gasteiger partial charge >= 0.3 is 0 Å². The minimum Gasteiger partial charge on any atom is -0.356 e. The van der Waals surface area contributed by atoms with Crippen molar-refractivity contribution in [2.45, 2.75) is 57.7 Å². The number of nitrogens with one attached hydrogen (secondary N) is 1. The molecule has 6 nitrogen and oxygen atoms in total. The normalized spacial score (nSPS) is 18.6. The van der Waals surface area contributed by atoms with E-state index in [-0.39, 0.29) is 30.1 Å². The molecule has 4 rings (SSSR count). The number of benzene rings is 1. The molecule has 1 aromatic carbocycles. The Hall–Kier alpha value is -2.96. The van der Waals surface area contributed by atoms with Crippen molar-refractivity contribution in [1.29, 1.82) is 0 Å². The van der Waals surface area contributed by atoms with Gasteiger partial charge < -0.3 is 10.2 Å². The molecule has 1 atom stereocenters. The Balaban J connectivity index is 1.36. The maximum absolute atomic E-state index is 13.2. The van der Waals surface area contributed by atoms with Crippen LogP contribution in [0.25, 0.3) is 0 Å². The lowest BCUT2D eigenvalue weighted by atomic mass is 9.88. The summed E-state index contributed by atoms with van der Waals surface area (Å²) in [6.07, 6.45) is 8.47. The lowest BCUT2D eigenvalue weighted by Gasteiger charge is -2.30. The van der Waals surface area contributed by atoms with Gasteiger partial charge in [0.15, 0.2) is 0 Å². The number of carbonyl (C=O) groups is 2. The van der Waals surface area contributed by atoms with Gasteiger partial charge in [0.25, 0.3) is 5.91 Å². The first-order valence-corrected chi connectivity index (χ1v) is 10.6. The number of aromatic nitrogens is 2. The highest BCUT2D eigenvalue weighted by atomic mass is 19.1. The van der Waals surface area contributed by atoms with Crippen molar-refractivity contribution in [2.24, 2.45) is 0 Å². The number of amides is 2. The van der Waals surface area contributed by atoms with E-state index in [0.29, 0.717) is 18.7 Å². The van der Waals surface area contributed by atoms with Crippen LogP contribution in [0.4, 0.5) is 4.39 Å². The van der Waals surface area contributed by atoms with Crippen LogP contribution < -0.4 is 5.32 Å². The number of nitrogens with zero attached hydrogens (tertiary/aromatic N) is 3. The summed E-state index contributed by atoms with van der Waals surface area (Å²) in [6.45, 7) is 1.74. The Kier molecular flexibility index (Phi) is 6.26. The van der Waals surface area contributed by atoms with E-state index in [9.17, 15) is 14.0 Å². The van der Waals surface area contributed by atoms with Gasteiger partial charge in [-0.2, -0.15) is 5.10 Å². The number of carbonyl (C=O) groups excluding carboxylic acids is 2. The largest absolute Gasteiger partial charge is 0.356 e. The predicted octanol–water partition coefficient (Wildman–Crippen LogP) is 3.20. The third-order valence-corrected chi connectivity index (χ3v) is 5.91. The molecular weight excluding hydrogens is 383 g/mol. The fourth-order valence-corrected chi connectivity index (χ4v) is 4.42. The van der Waals surface area contributed by atoms with Crippen LogP contribution in [0.2, 0.25) is 0 Å². The molecule has 1 N–H and O–H groups in total. The molecule has 2 amide bonds. The molecule has 1 fully saturated rings. The molecule has 158 valence electrons. The Morgan fingerprint density at radius 2 is 2.07 bits per heavy atom. The average Bonchev–Trinajstić information content (AvgIpc) is 3.36. The lowest BCUT2D eigenvalue weighted by Crippen LogP contribution is -2.36. The van der Waals surface area contributed by atoms with Crippen molar-refractivity contribution in [1.82, 2.24) is 20.0 Å². The highest BCUT2D eigenvalue weighted by molar-refractivity contribution is 6.02. The Labute approximate surface area is 175 Å². The van der Waals surface area contributed by atoms with Crippen molar-refractivity contribution in [3.05, 3.63) is 65.3 Å². The first kappa shape index (κ1) is 20.3. The van der Waals surface area contributed by atoms with Gasteiger partial charge in [0, 0.05) is 37.6 Å². The van der Waals surface area contributed by atoms with E-state index in [1.165, 1.54) is 12.1 Å². The van der Waals surface area contributed by atoms with Gasteiger partial charge in [-0.25, -0.2) is 4.39 Å². The van der Waals surface area contributed by atoms with Gasteiger partial charge in [-0.05, 0) is 55.0 Å². The predicted molar refractivity (Wildman–Crippen MR) is 111 cm³/mol. The standard InChI is InChI=1S/C23H27FN4O2/c24-18-9-7-17(8-10-18)16-28-21-6-2-1-5-19(21)20(23(28)30)15-22(29)25-11-3-13-27-14-4-12-26-27/h4,7-10,12,14,21H,1-3,5-6,11,13,15-16H2,(H,25,29). The monoisotopic (exact) mass is 410 g/mol. The topological polar surface area (TPSA) is 67.2 Å². The number of aryl methyl sites for hydroxylation is 1. The van der Waals surface area contributed by atoms with Gasteiger partial charge in [0.05, 0.1) is 12.5 Å². The second kappa shape index (κ2) is 9.24. The summed E-state index contributed by atoms with van der Waals surface area (Å²) in [4.78, 5) is 27.5. The maximum Gasteiger partial charge on any atom is 0.251 e. The highest BCUT2D eigenvalue weighted by Gasteiger charge is 2.40. The zero-order chi connectivity index (χ0) is 20.9. The quantitative estimate of drug-likeness (QED) is 0.680. The fourth-order valence-electron chi connectivity index (χ4n) is 4.42. The van der Waals surface area contributed by atoms with E-state index < -0.39 is 0 Å². The van der Waals surface area contributed by atoms with Gasteiger partial charge in [0.2, 0.25) is 5.91 Å². The molecule has 1 saturated carbocycles. The van der Waals surface area contributed by atoms with Crippen LogP contribution in [0.15, 0.2) is 53.9 Å². The zero-order valence-electron chi connectivity index (χ0n) is 17.0. The van der Waals surface area contributed by atoms with E-state index in [2.05, 4.69) is 10.4 Å². The first-order valence-electron chi connectivity index (χ1n) is 10.6. The number of rotatable bonds is 8. The van der Waals surface area contributed by atoms with E-state index >= 15 is 0 Å². The van der Waals surface area contributed by atoms with Crippen molar-refractivity contribution < 1.29 is 14.0 Å². The van der Waals surface area contributed by atoms with E-state index in [1.807, 2.05) is 21.8 Å². The minimum absolute atomic E-state index is 0.0482. The second-order valence-corrected chi connectivity index (χ2v) is 7.97. The maximum atomic E-state index is 13.2. The summed E-state index contributed by atoms with van der Waals surface area (Å²) in [5.41, 5.74) is 2.69. The van der Waals surface area contributed by atoms with Crippen molar-refractivity contribution in [3.63, 3.8) is 0 Å². The van der Waals surface area contributed by atoms with Crippen LogP contribution in [-0.4, -0.2) is 39.1 Å². The van der Waals surface area contributed by atoms with Crippen LogP contribution in [0, 0.1) is 5.82 Å². The summed E-state index contributed by atoms with van der Waals surface area (Å²) in [5.74, 6) is -0.444. The molecule has 1 aliphatic heterocycles. The molecule has 30 heavy (non-hydrogen) atoms. The van der Waals surface area contributed by atoms with Crippen LogP contribution in [0.3, 0.4) is 0 Å². The summed E-state index contributed by atoms with van der Waals surface area (Å²) >= 11 is 0. The van der Waals surface area contributed by atoms with Gasteiger partial charge in [-0.1, -0.05) is 18.6 Å². The molecule has 0 bridgehead atoms.